The molecule has 3 aliphatic carbocycles. The van der Waals surface area contributed by atoms with E-state index >= 15 is 0 Å². The number of hydrogen-bond donors (Lipinski definition) is 3. The average Bonchev–Trinajstić information content (AvgIpc) is 3.40. The Kier molecular flexibility index (Phi) is 6.17. The fraction of sp³-hybridized carbons (Fsp3) is 0.643. The van der Waals surface area contributed by atoms with Gasteiger partial charge in [-0.2, -0.15) is 0 Å². The SMILES string of the molecule is C=C[C@]1(C)C[C@@H](OC(=O)Nc2ccc3c(c2)B(O)OC3)[C@]2(C)[C@H](C)CC[C@]3(CCC(=O)[C@H]32)[C@@H](C)[C@@H]1O. The Morgan fingerprint density at radius 3 is 2.78 bits per heavy atom. The van der Waals surface area contributed by atoms with Crippen LogP contribution in [0.3, 0.4) is 0 Å². The third-order valence-corrected chi connectivity index (χ3v) is 10.6. The molecule has 5 rings (SSSR count). The molecule has 0 saturated heterocycles. The summed E-state index contributed by atoms with van der Waals surface area (Å²) in [6, 6.07) is 5.27. The van der Waals surface area contributed by atoms with Crippen molar-refractivity contribution in [2.45, 2.75) is 78.6 Å². The van der Waals surface area contributed by atoms with Crippen LogP contribution in [0.4, 0.5) is 10.5 Å². The number of aliphatic hydroxyl groups excluding tert-OH is 1. The molecule has 0 unspecified atom stereocenters. The van der Waals surface area contributed by atoms with E-state index in [4.69, 9.17) is 9.39 Å². The van der Waals surface area contributed by atoms with Crippen LogP contribution in [0.2, 0.25) is 0 Å². The van der Waals surface area contributed by atoms with Crippen LogP contribution in [0.15, 0.2) is 30.9 Å². The second-order valence-electron chi connectivity index (χ2n) is 12.2. The van der Waals surface area contributed by atoms with Crippen LogP contribution in [0.1, 0.15) is 65.4 Å². The number of hydrogen-bond acceptors (Lipinski definition) is 6. The van der Waals surface area contributed by atoms with E-state index < -0.39 is 36.2 Å². The number of fused-ring (bicyclic) bond motifs is 1. The Labute approximate surface area is 213 Å². The van der Waals surface area contributed by atoms with E-state index in [1.165, 1.54) is 0 Å². The van der Waals surface area contributed by atoms with Crippen molar-refractivity contribution in [3.05, 3.63) is 36.4 Å². The van der Waals surface area contributed by atoms with Crippen molar-refractivity contribution in [1.29, 1.82) is 0 Å². The van der Waals surface area contributed by atoms with Gasteiger partial charge in [-0.05, 0) is 66.1 Å². The standard InChI is InChI=1S/C28H38BNO6/c1-6-26(4)14-22(36-25(33)30-19-8-7-18-15-35-29(34)20(18)13-19)27(5)16(2)9-11-28(17(3)24(26)32)12-10-21(31)23(27)28/h6-8,13,16-17,22-24,32,34H,1,9-12,14-15H2,2-5H3,(H,30,33)/t16-,17+,22-,23+,24+,26-,27+,28+/m1/s1. The van der Waals surface area contributed by atoms with E-state index in [0.29, 0.717) is 30.6 Å². The summed E-state index contributed by atoms with van der Waals surface area (Å²) < 4.78 is 11.5. The molecule has 1 amide bonds. The van der Waals surface area contributed by atoms with Crippen LogP contribution in [-0.2, 0) is 20.8 Å². The zero-order valence-electron chi connectivity index (χ0n) is 21.8. The summed E-state index contributed by atoms with van der Waals surface area (Å²) in [6.45, 7) is 12.7. The van der Waals surface area contributed by atoms with Crippen LogP contribution in [0, 0.1) is 34.0 Å². The van der Waals surface area contributed by atoms with Gasteiger partial charge in [0.25, 0.3) is 0 Å². The Morgan fingerprint density at radius 1 is 1.31 bits per heavy atom. The molecular formula is C28H38BNO6. The maximum Gasteiger partial charge on any atom is 0.491 e. The number of rotatable bonds is 3. The van der Waals surface area contributed by atoms with Gasteiger partial charge in [-0.15, -0.1) is 6.58 Å². The van der Waals surface area contributed by atoms with Crippen molar-refractivity contribution in [1.82, 2.24) is 0 Å². The molecule has 1 aromatic rings. The number of Topliss-reactive ketones (excluding diaryl/α,β-unsaturated/α-hetero) is 1. The molecule has 1 aromatic carbocycles. The van der Waals surface area contributed by atoms with Crippen LogP contribution >= 0.6 is 0 Å². The van der Waals surface area contributed by atoms with Crippen LogP contribution in [0.5, 0.6) is 0 Å². The van der Waals surface area contributed by atoms with Gasteiger partial charge in [0.1, 0.15) is 11.9 Å². The molecule has 0 radical (unpaired) electrons. The minimum atomic E-state index is -1.01. The summed E-state index contributed by atoms with van der Waals surface area (Å²) in [7, 11) is -1.01. The number of aliphatic hydroxyl groups is 1. The predicted molar refractivity (Wildman–Crippen MR) is 137 cm³/mol. The third-order valence-electron chi connectivity index (χ3n) is 10.6. The summed E-state index contributed by atoms with van der Waals surface area (Å²) in [4.78, 5) is 26.8. The molecule has 8 atom stereocenters. The van der Waals surface area contributed by atoms with Crippen molar-refractivity contribution < 1.29 is 29.1 Å². The number of nitrogens with one attached hydrogen (secondary N) is 1. The minimum Gasteiger partial charge on any atom is -0.445 e. The lowest BCUT2D eigenvalue weighted by Gasteiger charge is -2.61. The van der Waals surface area contributed by atoms with Crippen molar-refractivity contribution in [3.63, 3.8) is 0 Å². The molecule has 4 aliphatic rings. The Balaban J connectivity index is 1.50. The van der Waals surface area contributed by atoms with Gasteiger partial charge in [-0.1, -0.05) is 39.8 Å². The Morgan fingerprint density at radius 2 is 2.06 bits per heavy atom. The number of anilines is 1. The zero-order valence-corrected chi connectivity index (χ0v) is 21.8. The molecule has 3 N–H and O–H groups in total. The Hall–Kier alpha value is -2.16. The third kappa shape index (κ3) is 3.59. The van der Waals surface area contributed by atoms with E-state index in [2.05, 4.69) is 32.7 Å². The minimum absolute atomic E-state index is 0.0707. The molecule has 3 fully saturated rings. The van der Waals surface area contributed by atoms with Crippen molar-refractivity contribution in [2.24, 2.45) is 34.0 Å². The summed E-state index contributed by atoms with van der Waals surface area (Å²) in [5.41, 5.74) is 0.458. The van der Waals surface area contributed by atoms with Gasteiger partial charge < -0.3 is 19.5 Å². The smallest absolute Gasteiger partial charge is 0.445 e. The highest BCUT2D eigenvalue weighted by Crippen LogP contribution is 2.68. The number of amides is 1. The molecule has 36 heavy (non-hydrogen) atoms. The molecule has 0 aromatic heterocycles. The highest BCUT2D eigenvalue weighted by molar-refractivity contribution is 6.61. The second-order valence-corrected chi connectivity index (χ2v) is 12.2. The molecule has 1 heterocycles. The molecule has 1 aliphatic heterocycles. The van der Waals surface area contributed by atoms with Crippen LogP contribution in [-0.4, -0.2) is 41.3 Å². The van der Waals surface area contributed by atoms with E-state index in [0.717, 1.165) is 24.8 Å². The van der Waals surface area contributed by atoms with Crippen LogP contribution < -0.4 is 10.8 Å². The summed E-state index contributed by atoms with van der Waals surface area (Å²) in [6.07, 6.45) is 3.36. The van der Waals surface area contributed by atoms with Gasteiger partial charge in [-0.25, -0.2) is 4.79 Å². The first-order valence-corrected chi connectivity index (χ1v) is 13.2. The maximum atomic E-state index is 13.5. The summed E-state index contributed by atoms with van der Waals surface area (Å²) in [5, 5.41) is 24.5. The monoisotopic (exact) mass is 495 g/mol. The lowest BCUT2D eigenvalue weighted by Crippen LogP contribution is -2.63. The van der Waals surface area contributed by atoms with Gasteiger partial charge >= 0.3 is 13.2 Å². The normalized spacial score (nSPS) is 41.7. The number of ketones is 1. The fourth-order valence-corrected chi connectivity index (χ4v) is 8.07. The lowest BCUT2D eigenvalue weighted by molar-refractivity contribution is -0.190. The molecule has 8 heteroatoms. The van der Waals surface area contributed by atoms with E-state index in [1.54, 1.807) is 18.2 Å². The second kappa shape index (κ2) is 8.71. The molecule has 194 valence electrons. The molecular weight excluding hydrogens is 457 g/mol. The zero-order chi connectivity index (χ0) is 26.0. The van der Waals surface area contributed by atoms with Gasteiger partial charge in [0.2, 0.25) is 0 Å². The topological polar surface area (TPSA) is 105 Å². The fourth-order valence-electron chi connectivity index (χ4n) is 8.07. The van der Waals surface area contributed by atoms with Gasteiger partial charge in [0.05, 0.1) is 12.7 Å². The lowest BCUT2D eigenvalue weighted by atomic mass is 9.44. The van der Waals surface area contributed by atoms with Crippen molar-refractivity contribution in [3.8, 4) is 0 Å². The number of carbonyl (C=O) groups excluding carboxylic acids is 2. The van der Waals surface area contributed by atoms with Crippen molar-refractivity contribution in [2.75, 3.05) is 5.32 Å². The highest BCUT2D eigenvalue weighted by Gasteiger charge is 2.68. The summed E-state index contributed by atoms with van der Waals surface area (Å²) in [5.74, 6) is 0.0580. The highest BCUT2D eigenvalue weighted by atomic mass is 16.6. The molecule has 2 bridgehead atoms. The predicted octanol–water partition coefficient (Wildman–Crippen LogP) is 3.82. The maximum absolute atomic E-state index is 13.5. The number of carbonyl (C=O) groups is 2. The first kappa shape index (κ1) is 25.5. The molecule has 3 saturated carbocycles. The van der Waals surface area contributed by atoms with E-state index in [-0.39, 0.29) is 29.0 Å². The molecule has 7 nitrogen and oxygen atoms in total. The number of benzene rings is 1. The average molecular weight is 495 g/mol. The van der Waals surface area contributed by atoms with Gasteiger partial charge in [0, 0.05) is 28.9 Å². The van der Waals surface area contributed by atoms with Crippen molar-refractivity contribution >= 4 is 30.1 Å². The number of ether oxygens (including phenoxy) is 1. The first-order valence-electron chi connectivity index (χ1n) is 13.2. The van der Waals surface area contributed by atoms with E-state index in [9.17, 15) is 19.7 Å². The van der Waals surface area contributed by atoms with Gasteiger partial charge in [-0.3, -0.25) is 10.1 Å². The van der Waals surface area contributed by atoms with Gasteiger partial charge in [0.15, 0.2) is 0 Å². The molecule has 0 spiro atoms. The van der Waals surface area contributed by atoms with Crippen LogP contribution in [0.25, 0.3) is 0 Å². The van der Waals surface area contributed by atoms with E-state index in [1.807, 2.05) is 13.0 Å². The first-order chi connectivity index (χ1) is 17.0. The largest absolute Gasteiger partial charge is 0.491 e. The summed E-state index contributed by atoms with van der Waals surface area (Å²) >= 11 is 0. The quantitative estimate of drug-likeness (QED) is 0.435. The Bertz CT molecular complexity index is 1090.